The van der Waals surface area contributed by atoms with Gasteiger partial charge in [-0.05, 0) is 25.7 Å². The maximum atomic E-state index is 12.1. The molecule has 1 amide bonds. The molecule has 6 nitrogen and oxygen atoms in total. The average Bonchev–Trinajstić information content (AvgIpc) is 2.76. The molecule has 1 aliphatic rings. The Hall–Kier alpha value is -1.78. The first-order valence-electron chi connectivity index (χ1n) is 6.92. The molecule has 7 heteroatoms. The van der Waals surface area contributed by atoms with E-state index in [4.69, 9.17) is 5.73 Å². The van der Waals surface area contributed by atoms with Crippen LogP contribution in [-0.2, 0) is 0 Å². The van der Waals surface area contributed by atoms with E-state index in [0.717, 1.165) is 25.7 Å². The molecule has 1 fully saturated rings. The third kappa shape index (κ3) is 3.28. The number of amides is 1. The van der Waals surface area contributed by atoms with Crippen LogP contribution in [0.25, 0.3) is 0 Å². The van der Waals surface area contributed by atoms with Gasteiger partial charge >= 0.3 is 0 Å². The fraction of sp³-hybridized carbons (Fsp3) is 0.571. The van der Waals surface area contributed by atoms with E-state index < -0.39 is 0 Å². The van der Waals surface area contributed by atoms with Crippen LogP contribution in [0.4, 0.5) is 10.7 Å². The number of nitriles is 1. The molecule has 0 unspecified atom stereocenters. The van der Waals surface area contributed by atoms with Crippen molar-refractivity contribution in [3.8, 4) is 6.07 Å². The van der Waals surface area contributed by atoms with Crippen LogP contribution in [0.15, 0.2) is 0 Å². The van der Waals surface area contributed by atoms with Crippen LogP contribution in [0.1, 0.15) is 40.9 Å². The number of thiophene rings is 1. The molecule has 1 aromatic heterocycles. The van der Waals surface area contributed by atoms with Gasteiger partial charge in [0, 0.05) is 20.1 Å². The minimum atomic E-state index is -0.224. The van der Waals surface area contributed by atoms with E-state index in [-0.39, 0.29) is 23.7 Å². The number of nitrogen functional groups attached to an aromatic ring is 1. The Morgan fingerprint density at radius 3 is 2.57 bits per heavy atom. The molecule has 1 aliphatic carbocycles. The summed E-state index contributed by atoms with van der Waals surface area (Å²) in [5, 5.41) is 22.8. The van der Waals surface area contributed by atoms with Crippen molar-refractivity contribution in [1.29, 1.82) is 5.26 Å². The fourth-order valence-electron chi connectivity index (χ4n) is 2.42. The summed E-state index contributed by atoms with van der Waals surface area (Å²) in [5.41, 5.74) is 6.53. The minimum Gasteiger partial charge on any atom is -0.396 e. The van der Waals surface area contributed by atoms with Gasteiger partial charge in [-0.2, -0.15) is 5.26 Å². The highest BCUT2D eigenvalue weighted by atomic mass is 32.1. The summed E-state index contributed by atoms with van der Waals surface area (Å²) in [4.78, 5) is 13.9. The van der Waals surface area contributed by atoms with E-state index in [1.54, 1.807) is 14.1 Å². The predicted molar refractivity (Wildman–Crippen MR) is 83.3 cm³/mol. The molecule has 114 valence electrons. The normalized spacial score (nSPS) is 21.6. The Bertz CT molecular complexity index is 568. The summed E-state index contributed by atoms with van der Waals surface area (Å²) in [7, 11) is 3.31. The Labute approximate surface area is 128 Å². The summed E-state index contributed by atoms with van der Waals surface area (Å²) < 4.78 is 0. The van der Waals surface area contributed by atoms with Gasteiger partial charge in [0.2, 0.25) is 0 Å². The summed E-state index contributed by atoms with van der Waals surface area (Å²) in [6, 6.07) is 2.29. The Kier molecular flexibility index (Phi) is 4.70. The van der Waals surface area contributed by atoms with Crippen LogP contribution in [0.5, 0.6) is 0 Å². The number of nitrogens with one attached hydrogen (secondary N) is 1. The summed E-state index contributed by atoms with van der Waals surface area (Å²) in [6.45, 7) is 0. The smallest absolute Gasteiger partial charge is 0.265 e. The number of carbonyl (C=O) groups excluding carboxylic acids is 1. The highest BCUT2D eigenvalue weighted by Gasteiger charge is 2.25. The largest absolute Gasteiger partial charge is 0.396 e. The molecule has 0 aliphatic heterocycles. The molecule has 4 N–H and O–H groups in total. The van der Waals surface area contributed by atoms with E-state index in [1.807, 2.05) is 0 Å². The van der Waals surface area contributed by atoms with Crippen LogP contribution in [0.3, 0.4) is 0 Å². The predicted octanol–water partition coefficient (Wildman–Crippen LogP) is 1.62. The Morgan fingerprint density at radius 2 is 2.05 bits per heavy atom. The summed E-state index contributed by atoms with van der Waals surface area (Å²) in [6.07, 6.45) is 2.98. The van der Waals surface area contributed by atoms with Gasteiger partial charge in [0.25, 0.3) is 5.91 Å². The highest BCUT2D eigenvalue weighted by Crippen LogP contribution is 2.37. The lowest BCUT2D eigenvalue weighted by molar-refractivity contribution is 0.0833. The number of carbonyl (C=O) groups is 1. The SMILES string of the molecule is CN(C)C(=O)c1sc(NC2CCC(O)CC2)c(C#N)c1N. The summed E-state index contributed by atoms with van der Waals surface area (Å²) >= 11 is 1.23. The number of aliphatic hydroxyl groups is 1. The van der Waals surface area contributed by atoms with Gasteiger partial charge in [-0.15, -0.1) is 11.3 Å². The molecular weight excluding hydrogens is 288 g/mol. The van der Waals surface area contributed by atoms with Gasteiger partial charge in [0.15, 0.2) is 0 Å². The maximum absolute atomic E-state index is 12.1. The quantitative estimate of drug-likeness (QED) is 0.787. The van der Waals surface area contributed by atoms with E-state index >= 15 is 0 Å². The average molecular weight is 308 g/mol. The van der Waals surface area contributed by atoms with E-state index in [0.29, 0.717) is 15.4 Å². The van der Waals surface area contributed by atoms with Crippen molar-refractivity contribution in [3.05, 3.63) is 10.4 Å². The van der Waals surface area contributed by atoms with Crippen LogP contribution >= 0.6 is 11.3 Å². The molecule has 2 rings (SSSR count). The van der Waals surface area contributed by atoms with Gasteiger partial charge in [-0.25, -0.2) is 0 Å². The van der Waals surface area contributed by atoms with Crippen LogP contribution in [-0.4, -0.2) is 42.2 Å². The van der Waals surface area contributed by atoms with Crippen molar-refractivity contribution in [2.75, 3.05) is 25.1 Å². The lowest BCUT2D eigenvalue weighted by atomic mass is 9.93. The second-order valence-electron chi connectivity index (χ2n) is 5.51. The second kappa shape index (κ2) is 6.33. The number of nitrogens with zero attached hydrogens (tertiary/aromatic N) is 2. The molecule has 21 heavy (non-hydrogen) atoms. The number of hydrogen-bond acceptors (Lipinski definition) is 6. The van der Waals surface area contributed by atoms with Gasteiger partial charge in [0.1, 0.15) is 21.5 Å². The Morgan fingerprint density at radius 1 is 1.43 bits per heavy atom. The molecule has 0 bridgehead atoms. The zero-order valence-electron chi connectivity index (χ0n) is 12.2. The van der Waals surface area contributed by atoms with E-state index in [2.05, 4.69) is 11.4 Å². The fourth-order valence-corrected chi connectivity index (χ4v) is 3.59. The third-order valence-corrected chi connectivity index (χ3v) is 4.81. The van der Waals surface area contributed by atoms with Crippen molar-refractivity contribution in [2.24, 2.45) is 0 Å². The van der Waals surface area contributed by atoms with Crippen molar-refractivity contribution < 1.29 is 9.90 Å². The molecule has 1 aromatic rings. The molecule has 0 atom stereocenters. The monoisotopic (exact) mass is 308 g/mol. The summed E-state index contributed by atoms with van der Waals surface area (Å²) in [5.74, 6) is -0.193. The van der Waals surface area contributed by atoms with Crippen LogP contribution in [0, 0.1) is 11.3 Å². The second-order valence-corrected chi connectivity index (χ2v) is 6.53. The molecule has 0 radical (unpaired) electrons. The first kappa shape index (κ1) is 15.6. The van der Waals surface area contributed by atoms with Crippen molar-refractivity contribution in [1.82, 2.24) is 4.90 Å². The lowest BCUT2D eigenvalue weighted by Gasteiger charge is -2.26. The number of nitrogens with two attached hydrogens (primary N) is 1. The van der Waals surface area contributed by atoms with Crippen molar-refractivity contribution in [3.63, 3.8) is 0 Å². The third-order valence-electron chi connectivity index (χ3n) is 3.69. The maximum Gasteiger partial charge on any atom is 0.265 e. The molecule has 0 saturated heterocycles. The van der Waals surface area contributed by atoms with E-state index in [9.17, 15) is 15.2 Å². The van der Waals surface area contributed by atoms with Gasteiger partial charge < -0.3 is 21.1 Å². The number of rotatable bonds is 3. The van der Waals surface area contributed by atoms with E-state index in [1.165, 1.54) is 16.2 Å². The van der Waals surface area contributed by atoms with Gasteiger partial charge in [-0.3, -0.25) is 4.79 Å². The number of anilines is 2. The molecule has 0 aromatic carbocycles. The minimum absolute atomic E-state index is 0.193. The van der Waals surface area contributed by atoms with Gasteiger partial charge in [-0.1, -0.05) is 0 Å². The molecular formula is C14H20N4O2S. The Balaban J connectivity index is 2.22. The van der Waals surface area contributed by atoms with Crippen molar-refractivity contribution in [2.45, 2.75) is 37.8 Å². The van der Waals surface area contributed by atoms with Crippen LogP contribution in [0.2, 0.25) is 0 Å². The first-order chi connectivity index (χ1) is 9.93. The zero-order valence-corrected chi connectivity index (χ0v) is 13.0. The molecule has 1 saturated carbocycles. The molecule has 0 spiro atoms. The topological polar surface area (TPSA) is 102 Å². The van der Waals surface area contributed by atoms with Gasteiger partial charge in [0.05, 0.1) is 11.8 Å². The van der Waals surface area contributed by atoms with Crippen molar-refractivity contribution >= 4 is 27.9 Å². The zero-order chi connectivity index (χ0) is 15.6. The highest BCUT2D eigenvalue weighted by molar-refractivity contribution is 7.18. The number of hydrogen-bond donors (Lipinski definition) is 3. The lowest BCUT2D eigenvalue weighted by Crippen LogP contribution is -2.28. The first-order valence-corrected chi connectivity index (χ1v) is 7.74. The van der Waals surface area contributed by atoms with Crippen LogP contribution < -0.4 is 11.1 Å². The number of aliphatic hydroxyl groups excluding tert-OH is 1. The molecule has 1 heterocycles. The standard InChI is InChI=1S/C14H20N4O2S/c1-18(2)14(20)12-11(16)10(7-15)13(21-12)17-8-3-5-9(19)6-4-8/h8-9,17,19H,3-6,16H2,1-2H3.